The van der Waals surface area contributed by atoms with Gasteiger partial charge in [-0.1, -0.05) is 133 Å². The van der Waals surface area contributed by atoms with E-state index < -0.39 is 11.9 Å². The molecule has 0 spiro atoms. The normalized spacial score (nSPS) is 11.1. The topological polar surface area (TPSA) is 119 Å². The van der Waals surface area contributed by atoms with Gasteiger partial charge >= 0.3 is 0 Å². The number of hydrogen-bond acceptors (Lipinski definition) is 7. The van der Waals surface area contributed by atoms with Crippen LogP contribution in [0.5, 0.6) is 23.0 Å². The van der Waals surface area contributed by atoms with E-state index in [4.69, 9.17) is 18.9 Å². The summed E-state index contributed by atoms with van der Waals surface area (Å²) >= 11 is 0. The first-order chi connectivity index (χ1) is 28.1. The van der Waals surface area contributed by atoms with Gasteiger partial charge in [-0.05, 0) is 65.8 Å². The summed E-state index contributed by atoms with van der Waals surface area (Å²) in [5.41, 5.74) is 4.49. The zero-order valence-corrected chi connectivity index (χ0v) is 31.6. The zero-order valence-electron chi connectivity index (χ0n) is 31.6. The molecule has 0 aromatic heterocycles. The van der Waals surface area contributed by atoms with Gasteiger partial charge in [-0.2, -0.15) is 5.26 Å². The molecule has 0 saturated heterocycles. The van der Waals surface area contributed by atoms with Crippen molar-refractivity contribution in [3.05, 3.63) is 191 Å². The lowest BCUT2D eigenvalue weighted by atomic mass is 10.1. The van der Waals surface area contributed by atoms with Crippen LogP contribution in [0.15, 0.2) is 158 Å². The van der Waals surface area contributed by atoms with Gasteiger partial charge in [0.1, 0.15) is 32.5 Å². The van der Waals surface area contributed by atoms with E-state index >= 15 is 0 Å². The van der Waals surface area contributed by atoms with E-state index in [9.17, 15) is 14.9 Å². The fraction of sp³-hybridized carbons (Fsp3) is 0.188. The minimum atomic E-state index is -0.763. The highest BCUT2D eigenvalue weighted by Gasteiger charge is 2.22. The summed E-state index contributed by atoms with van der Waals surface area (Å²) in [4.78, 5) is 27.2. The molecule has 2 N–H and O–H groups in total. The molecule has 6 aromatic carbocycles. The maximum absolute atomic E-state index is 13.7. The number of benzene rings is 6. The second-order valence-corrected chi connectivity index (χ2v) is 13.3. The molecule has 0 aliphatic heterocycles. The molecule has 6 rings (SSSR count). The van der Waals surface area contributed by atoms with Gasteiger partial charge in [0.2, 0.25) is 0 Å². The predicted molar refractivity (Wildman–Crippen MR) is 219 cm³/mol. The summed E-state index contributed by atoms with van der Waals surface area (Å²) in [6.07, 6.45) is 1.54. The SMILES string of the molecule is N#C[C@H](CCCCNC(=O)c1cccc(OCc2ccccc2)c1OCc1ccccc1)NC(=O)c1cccc(OCc2ccccc2)c1OCc1ccccc1. The molecule has 9 nitrogen and oxygen atoms in total. The Morgan fingerprint density at radius 1 is 0.491 bits per heavy atom. The van der Waals surface area contributed by atoms with Gasteiger partial charge in [-0.15, -0.1) is 0 Å². The molecule has 0 fully saturated rings. The second kappa shape index (κ2) is 21.1. The van der Waals surface area contributed by atoms with Crippen LogP contribution in [-0.4, -0.2) is 24.4 Å². The Bertz CT molecular complexity index is 2210. The summed E-state index contributed by atoms with van der Waals surface area (Å²) in [5, 5.41) is 15.8. The molecule has 6 aromatic rings. The standard InChI is InChI=1S/C48H45N3O6/c49-31-40(51-48(53)42-27-16-29-44(55-33-37-19-7-2-8-20-37)46(42)57-35-39-23-11-4-12-24-39)25-13-14-30-50-47(52)41-26-15-28-43(54-32-36-17-5-1-6-18-36)45(41)56-34-38-21-9-3-10-22-38/h1-12,15-24,26-29,40H,13-14,25,30,32-35H2,(H,50,52)(H,51,53)/t40-/m0/s1. The van der Waals surface area contributed by atoms with Crippen molar-refractivity contribution in [1.29, 1.82) is 5.26 Å². The molecular weight excluding hydrogens is 715 g/mol. The quantitative estimate of drug-likeness (QED) is 0.0746. The molecule has 0 aliphatic rings. The minimum absolute atomic E-state index is 0.228. The Balaban J connectivity index is 1.05. The van der Waals surface area contributed by atoms with Crippen molar-refractivity contribution in [1.82, 2.24) is 10.6 Å². The molecule has 9 heteroatoms. The Morgan fingerprint density at radius 2 is 0.895 bits per heavy atom. The highest BCUT2D eigenvalue weighted by Crippen LogP contribution is 2.34. The van der Waals surface area contributed by atoms with E-state index in [0.717, 1.165) is 22.3 Å². The smallest absolute Gasteiger partial charge is 0.256 e. The number of unbranched alkanes of at least 4 members (excludes halogenated alkanes) is 1. The van der Waals surface area contributed by atoms with E-state index in [0.29, 0.717) is 67.6 Å². The molecule has 288 valence electrons. The molecule has 0 saturated carbocycles. The number of rotatable bonds is 20. The molecule has 0 heterocycles. The molecule has 57 heavy (non-hydrogen) atoms. The molecule has 0 unspecified atom stereocenters. The van der Waals surface area contributed by atoms with Gasteiger partial charge in [0, 0.05) is 6.54 Å². The summed E-state index contributed by atoms with van der Waals surface area (Å²) in [6.45, 7) is 1.46. The van der Waals surface area contributed by atoms with Crippen LogP contribution in [0.2, 0.25) is 0 Å². The number of carbonyl (C=O) groups is 2. The molecular formula is C48H45N3O6. The zero-order chi connectivity index (χ0) is 39.5. The van der Waals surface area contributed by atoms with Gasteiger partial charge in [0.15, 0.2) is 23.0 Å². The molecule has 0 bridgehead atoms. The monoisotopic (exact) mass is 759 g/mol. The largest absolute Gasteiger partial charge is 0.485 e. The molecule has 0 aliphatic carbocycles. The lowest BCUT2D eigenvalue weighted by Crippen LogP contribution is -2.34. The fourth-order valence-electron chi connectivity index (χ4n) is 6.02. The Hall–Kier alpha value is -7.05. The van der Waals surface area contributed by atoms with Crippen molar-refractivity contribution in [2.75, 3.05) is 6.54 Å². The van der Waals surface area contributed by atoms with E-state index in [2.05, 4.69) is 16.7 Å². The number of nitrogens with one attached hydrogen (secondary N) is 2. The molecule has 0 radical (unpaired) electrons. The lowest BCUT2D eigenvalue weighted by molar-refractivity contribution is 0.0935. The van der Waals surface area contributed by atoms with E-state index in [1.807, 2.05) is 121 Å². The average Bonchev–Trinajstić information content (AvgIpc) is 3.27. The van der Waals surface area contributed by atoms with Crippen LogP contribution in [0.25, 0.3) is 0 Å². The third kappa shape index (κ3) is 12.0. The Morgan fingerprint density at radius 3 is 1.32 bits per heavy atom. The third-order valence-electron chi connectivity index (χ3n) is 9.04. The number of nitrogens with zero attached hydrogens (tertiary/aromatic N) is 1. The van der Waals surface area contributed by atoms with Crippen molar-refractivity contribution in [3.63, 3.8) is 0 Å². The average molecular weight is 760 g/mol. The predicted octanol–water partition coefficient (Wildman–Crippen LogP) is 9.22. The Labute approximate surface area is 333 Å². The first kappa shape index (κ1) is 39.6. The van der Waals surface area contributed by atoms with Gasteiger partial charge < -0.3 is 29.6 Å². The van der Waals surface area contributed by atoms with Crippen LogP contribution in [0.1, 0.15) is 62.2 Å². The Kier molecular flexibility index (Phi) is 14.7. The number of amides is 2. The number of nitriles is 1. The third-order valence-corrected chi connectivity index (χ3v) is 9.04. The highest BCUT2D eigenvalue weighted by molar-refractivity contribution is 5.98. The van der Waals surface area contributed by atoms with Crippen molar-refractivity contribution >= 4 is 11.8 Å². The molecule has 2 amide bonds. The fourth-order valence-corrected chi connectivity index (χ4v) is 6.02. The summed E-state index contributed by atoms with van der Waals surface area (Å²) in [6, 6.07) is 50.8. The molecule has 1 atom stereocenters. The van der Waals surface area contributed by atoms with Crippen molar-refractivity contribution in [2.24, 2.45) is 0 Å². The van der Waals surface area contributed by atoms with E-state index in [1.54, 1.807) is 36.4 Å². The van der Waals surface area contributed by atoms with Gasteiger partial charge in [-0.25, -0.2) is 0 Å². The summed E-state index contributed by atoms with van der Waals surface area (Å²) in [5.74, 6) is 0.816. The maximum Gasteiger partial charge on any atom is 0.256 e. The van der Waals surface area contributed by atoms with Gasteiger partial charge in [0.25, 0.3) is 11.8 Å². The first-order valence-electron chi connectivity index (χ1n) is 19.0. The van der Waals surface area contributed by atoms with E-state index in [-0.39, 0.29) is 24.7 Å². The van der Waals surface area contributed by atoms with Crippen LogP contribution in [0.4, 0.5) is 0 Å². The minimum Gasteiger partial charge on any atom is -0.485 e. The van der Waals surface area contributed by atoms with Crippen LogP contribution in [0, 0.1) is 11.3 Å². The number of para-hydroxylation sites is 2. The van der Waals surface area contributed by atoms with Crippen LogP contribution >= 0.6 is 0 Å². The lowest BCUT2D eigenvalue weighted by Gasteiger charge is -2.18. The highest BCUT2D eigenvalue weighted by atomic mass is 16.5. The van der Waals surface area contributed by atoms with Crippen molar-refractivity contribution in [3.8, 4) is 29.1 Å². The number of hydrogen-bond donors (Lipinski definition) is 2. The summed E-state index contributed by atoms with van der Waals surface area (Å²) < 4.78 is 24.7. The van der Waals surface area contributed by atoms with Crippen LogP contribution in [0.3, 0.4) is 0 Å². The number of carbonyl (C=O) groups excluding carboxylic acids is 2. The van der Waals surface area contributed by atoms with Crippen molar-refractivity contribution < 1.29 is 28.5 Å². The van der Waals surface area contributed by atoms with Crippen molar-refractivity contribution in [2.45, 2.75) is 51.7 Å². The number of ether oxygens (including phenoxy) is 4. The van der Waals surface area contributed by atoms with Crippen LogP contribution in [-0.2, 0) is 26.4 Å². The van der Waals surface area contributed by atoms with Gasteiger partial charge in [-0.3, -0.25) is 9.59 Å². The summed E-state index contributed by atoms with van der Waals surface area (Å²) in [7, 11) is 0. The second-order valence-electron chi connectivity index (χ2n) is 13.3. The first-order valence-corrected chi connectivity index (χ1v) is 19.0. The van der Waals surface area contributed by atoms with Crippen LogP contribution < -0.4 is 29.6 Å². The van der Waals surface area contributed by atoms with Gasteiger partial charge in [0.05, 0.1) is 17.2 Å². The van der Waals surface area contributed by atoms with E-state index in [1.165, 1.54) is 0 Å². The maximum atomic E-state index is 13.7.